The van der Waals surface area contributed by atoms with E-state index in [0.717, 1.165) is 5.56 Å². The second-order valence-corrected chi connectivity index (χ2v) is 4.85. The van der Waals surface area contributed by atoms with Gasteiger partial charge in [0.15, 0.2) is 0 Å². The van der Waals surface area contributed by atoms with Crippen molar-refractivity contribution in [3.05, 3.63) is 41.5 Å². The largest absolute Gasteiger partial charge is 0.389 e. The van der Waals surface area contributed by atoms with Gasteiger partial charge in [0.1, 0.15) is 0 Å². The van der Waals surface area contributed by atoms with E-state index in [4.69, 9.17) is 5.73 Å². The fourth-order valence-corrected chi connectivity index (χ4v) is 1.29. The molecule has 0 saturated heterocycles. The van der Waals surface area contributed by atoms with Crippen molar-refractivity contribution in [3.8, 4) is 0 Å². The molecule has 0 radical (unpaired) electrons. The van der Waals surface area contributed by atoms with E-state index in [0.29, 0.717) is 5.56 Å². The lowest BCUT2D eigenvalue weighted by molar-refractivity contribution is -0.117. The van der Waals surface area contributed by atoms with Crippen LogP contribution in [0.2, 0.25) is 0 Å². The predicted octanol–water partition coefficient (Wildman–Crippen LogP) is 0.686. The van der Waals surface area contributed by atoms with Gasteiger partial charge in [0.05, 0.1) is 5.60 Å². The number of nitrogens with two attached hydrogens (primary N) is 1. The topological polar surface area (TPSA) is 92.4 Å². The van der Waals surface area contributed by atoms with Gasteiger partial charge in [-0.2, -0.15) is 0 Å². The number of benzene rings is 1. The van der Waals surface area contributed by atoms with Crippen LogP contribution < -0.4 is 11.1 Å². The van der Waals surface area contributed by atoms with Crippen LogP contribution in [-0.2, 0) is 4.79 Å². The van der Waals surface area contributed by atoms with Crippen molar-refractivity contribution in [2.24, 2.45) is 5.73 Å². The zero-order chi connectivity index (χ0) is 14.5. The Bertz CT molecular complexity index is 484. The first-order chi connectivity index (χ1) is 8.78. The molecule has 2 amide bonds. The Morgan fingerprint density at radius 2 is 1.89 bits per heavy atom. The molecule has 0 aliphatic carbocycles. The van der Waals surface area contributed by atoms with Gasteiger partial charge in [-0.1, -0.05) is 12.1 Å². The quantitative estimate of drug-likeness (QED) is 0.681. The third-order valence-corrected chi connectivity index (χ3v) is 2.32. The Hall–Kier alpha value is -2.14. The average Bonchev–Trinajstić information content (AvgIpc) is 2.33. The summed E-state index contributed by atoms with van der Waals surface area (Å²) in [5, 5.41) is 12.0. The number of nitrogens with one attached hydrogen (secondary N) is 1. The van der Waals surface area contributed by atoms with E-state index in [-0.39, 0.29) is 12.5 Å². The van der Waals surface area contributed by atoms with Gasteiger partial charge in [0.2, 0.25) is 11.8 Å². The Labute approximate surface area is 112 Å². The summed E-state index contributed by atoms with van der Waals surface area (Å²) >= 11 is 0. The van der Waals surface area contributed by atoms with Crippen molar-refractivity contribution in [2.45, 2.75) is 19.4 Å². The zero-order valence-corrected chi connectivity index (χ0v) is 11.0. The molecule has 0 atom stereocenters. The maximum Gasteiger partial charge on any atom is 0.248 e. The van der Waals surface area contributed by atoms with Gasteiger partial charge in [0.25, 0.3) is 0 Å². The molecule has 0 aromatic heterocycles. The second kappa shape index (κ2) is 6.15. The Balaban J connectivity index is 2.56. The smallest absolute Gasteiger partial charge is 0.248 e. The molecule has 0 fully saturated rings. The van der Waals surface area contributed by atoms with Crippen molar-refractivity contribution in [1.82, 2.24) is 5.32 Å². The van der Waals surface area contributed by atoms with Crippen LogP contribution >= 0.6 is 0 Å². The van der Waals surface area contributed by atoms with E-state index in [1.54, 1.807) is 44.2 Å². The highest BCUT2D eigenvalue weighted by Gasteiger charge is 2.12. The SMILES string of the molecule is CC(C)(O)CNC(=O)C=Cc1ccc(C(N)=O)cc1. The summed E-state index contributed by atoms with van der Waals surface area (Å²) in [6, 6.07) is 6.58. The maximum atomic E-state index is 11.5. The van der Waals surface area contributed by atoms with E-state index in [1.165, 1.54) is 6.08 Å². The number of hydrogen-bond acceptors (Lipinski definition) is 3. The lowest BCUT2D eigenvalue weighted by Crippen LogP contribution is -2.37. The second-order valence-electron chi connectivity index (χ2n) is 4.85. The fraction of sp³-hybridized carbons (Fsp3) is 0.286. The molecule has 0 unspecified atom stereocenters. The standard InChI is InChI=1S/C14H18N2O3/c1-14(2,19)9-16-12(17)8-5-10-3-6-11(7-4-10)13(15)18/h3-8,19H,9H2,1-2H3,(H2,15,18)(H,16,17). The summed E-state index contributed by atoms with van der Waals surface area (Å²) in [6.07, 6.45) is 2.98. The van der Waals surface area contributed by atoms with Gasteiger partial charge in [-0.15, -0.1) is 0 Å². The number of amides is 2. The maximum absolute atomic E-state index is 11.5. The molecule has 19 heavy (non-hydrogen) atoms. The Kier molecular flexibility index (Phi) is 4.83. The van der Waals surface area contributed by atoms with Crippen molar-refractivity contribution in [3.63, 3.8) is 0 Å². The predicted molar refractivity (Wildman–Crippen MR) is 73.3 cm³/mol. The van der Waals surface area contributed by atoms with Gasteiger partial charge in [0, 0.05) is 18.2 Å². The van der Waals surface area contributed by atoms with E-state index in [1.807, 2.05) is 0 Å². The van der Waals surface area contributed by atoms with Gasteiger partial charge in [-0.05, 0) is 37.6 Å². The minimum atomic E-state index is -0.938. The molecular formula is C14H18N2O3. The molecule has 0 aliphatic rings. The minimum absolute atomic E-state index is 0.177. The minimum Gasteiger partial charge on any atom is -0.389 e. The van der Waals surface area contributed by atoms with E-state index in [9.17, 15) is 14.7 Å². The lowest BCUT2D eigenvalue weighted by Gasteiger charge is -2.16. The first-order valence-electron chi connectivity index (χ1n) is 5.86. The first kappa shape index (κ1) is 14.9. The van der Waals surface area contributed by atoms with Crippen LogP contribution in [0.25, 0.3) is 6.08 Å². The average molecular weight is 262 g/mol. The third-order valence-electron chi connectivity index (χ3n) is 2.32. The summed E-state index contributed by atoms with van der Waals surface area (Å²) in [7, 11) is 0. The molecule has 1 rings (SSSR count). The van der Waals surface area contributed by atoms with Crippen molar-refractivity contribution < 1.29 is 14.7 Å². The molecule has 1 aromatic rings. The summed E-state index contributed by atoms with van der Waals surface area (Å²) in [5.41, 5.74) is 5.38. The fourth-order valence-electron chi connectivity index (χ4n) is 1.29. The van der Waals surface area contributed by atoms with Gasteiger partial charge >= 0.3 is 0 Å². The highest BCUT2D eigenvalue weighted by Crippen LogP contribution is 2.05. The monoisotopic (exact) mass is 262 g/mol. The lowest BCUT2D eigenvalue weighted by atomic mass is 10.1. The third kappa shape index (κ3) is 5.83. The Morgan fingerprint density at radius 3 is 2.37 bits per heavy atom. The van der Waals surface area contributed by atoms with Crippen LogP contribution in [-0.4, -0.2) is 29.1 Å². The number of carbonyl (C=O) groups excluding carboxylic acids is 2. The molecular weight excluding hydrogens is 244 g/mol. The van der Waals surface area contributed by atoms with Crippen molar-refractivity contribution in [2.75, 3.05) is 6.54 Å². The summed E-state index contributed by atoms with van der Waals surface area (Å²) in [4.78, 5) is 22.3. The molecule has 0 aliphatic heterocycles. The van der Waals surface area contributed by atoms with Crippen LogP contribution in [0.1, 0.15) is 29.8 Å². The normalized spacial score (nSPS) is 11.5. The summed E-state index contributed by atoms with van der Waals surface area (Å²) in [5.74, 6) is -0.778. The highest BCUT2D eigenvalue weighted by atomic mass is 16.3. The molecule has 5 nitrogen and oxygen atoms in total. The molecule has 0 spiro atoms. The summed E-state index contributed by atoms with van der Waals surface area (Å²) < 4.78 is 0. The van der Waals surface area contributed by atoms with E-state index >= 15 is 0 Å². The van der Waals surface area contributed by atoms with Crippen molar-refractivity contribution in [1.29, 1.82) is 0 Å². The number of carbonyl (C=O) groups is 2. The Morgan fingerprint density at radius 1 is 1.32 bits per heavy atom. The number of hydrogen-bond donors (Lipinski definition) is 3. The van der Waals surface area contributed by atoms with E-state index < -0.39 is 11.5 Å². The van der Waals surface area contributed by atoms with Crippen molar-refractivity contribution >= 4 is 17.9 Å². The number of aliphatic hydroxyl groups is 1. The van der Waals surface area contributed by atoms with Crippen LogP contribution in [0, 0.1) is 0 Å². The van der Waals surface area contributed by atoms with Crippen LogP contribution in [0.5, 0.6) is 0 Å². The number of primary amides is 1. The highest BCUT2D eigenvalue weighted by molar-refractivity contribution is 5.94. The molecule has 102 valence electrons. The molecule has 1 aromatic carbocycles. The van der Waals surface area contributed by atoms with Crippen LogP contribution in [0.4, 0.5) is 0 Å². The molecule has 0 saturated carbocycles. The molecule has 4 N–H and O–H groups in total. The number of rotatable bonds is 5. The first-order valence-corrected chi connectivity index (χ1v) is 5.86. The molecule has 5 heteroatoms. The van der Waals surface area contributed by atoms with E-state index in [2.05, 4.69) is 5.32 Å². The zero-order valence-electron chi connectivity index (χ0n) is 11.0. The molecule has 0 bridgehead atoms. The summed E-state index contributed by atoms with van der Waals surface area (Å²) in [6.45, 7) is 3.40. The van der Waals surface area contributed by atoms with Gasteiger partial charge < -0.3 is 16.2 Å². The van der Waals surface area contributed by atoms with Crippen LogP contribution in [0.3, 0.4) is 0 Å². The van der Waals surface area contributed by atoms with Gasteiger partial charge in [-0.3, -0.25) is 9.59 Å². The molecule has 0 heterocycles. The van der Waals surface area contributed by atoms with Crippen LogP contribution in [0.15, 0.2) is 30.3 Å². The van der Waals surface area contributed by atoms with Gasteiger partial charge in [-0.25, -0.2) is 0 Å².